The highest BCUT2D eigenvalue weighted by molar-refractivity contribution is 5.85. The van der Waals surface area contributed by atoms with Crippen LogP contribution in [0.5, 0.6) is 0 Å². The van der Waals surface area contributed by atoms with E-state index in [1.165, 1.54) is 0 Å². The predicted molar refractivity (Wildman–Crippen MR) is 104 cm³/mol. The number of carbonyl (C=O) groups is 2. The number of halogens is 2. The van der Waals surface area contributed by atoms with Crippen molar-refractivity contribution in [3.05, 3.63) is 35.9 Å². The molecule has 2 rings (SSSR count). The lowest BCUT2D eigenvalue weighted by molar-refractivity contribution is -0.133. The van der Waals surface area contributed by atoms with Crippen molar-refractivity contribution in [2.75, 3.05) is 39.3 Å². The van der Waals surface area contributed by atoms with Crippen LogP contribution in [0, 0.1) is 0 Å². The van der Waals surface area contributed by atoms with Crippen LogP contribution in [0.4, 0.5) is 0 Å². The number of rotatable bonds is 6. The fourth-order valence-electron chi connectivity index (χ4n) is 2.75. The van der Waals surface area contributed by atoms with E-state index >= 15 is 0 Å². The van der Waals surface area contributed by atoms with E-state index in [0.29, 0.717) is 32.6 Å². The summed E-state index contributed by atoms with van der Waals surface area (Å²) in [7, 11) is 0. The van der Waals surface area contributed by atoms with Crippen LogP contribution in [0.15, 0.2) is 30.3 Å². The van der Waals surface area contributed by atoms with Crippen molar-refractivity contribution >= 4 is 36.6 Å². The van der Waals surface area contributed by atoms with E-state index in [9.17, 15) is 9.59 Å². The molecule has 1 heterocycles. The van der Waals surface area contributed by atoms with E-state index < -0.39 is 0 Å². The highest BCUT2D eigenvalue weighted by Crippen LogP contribution is 2.15. The molecule has 1 unspecified atom stereocenters. The molecule has 6 nitrogen and oxygen atoms in total. The Morgan fingerprint density at radius 3 is 2.28 bits per heavy atom. The average molecular weight is 391 g/mol. The number of carbonyl (C=O) groups excluding carboxylic acids is 2. The number of nitrogens with one attached hydrogen (secondary N) is 1. The van der Waals surface area contributed by atoms with Gasteiger partial charge in [-0.15, -0.1) is 24.8 Å². The minimum atomic E-state index is -0.267. The number of benzene rings is 1. The lowest BCUT2D eigenvalue weighted by Crippen LogP contribution is -2.51. The Balaban J connectivity index is 0.00000288. The van der Waals surface area contributed by atoms with Crippen molar-refractivity contribution in [3.8, 4) is 0 Å². The summed E-state index contributed by atoms with van der Waals surface area (Å²) in [5.41, 5.74) is 7.10. The molecule has 0 aromatic heterocycles. The molecule has 0 bridgehead atoms. The van der Waals surface area contributed by atoms with Crippen LogP contribution in [-0.2, 0) is 9.59 Å². The Hall–Kier alpha value is -1.34. The van der Waals surface area contributed by atoms with Gasteiger partial charge in [0.25, 0.3) is 0 Å². The first-order chi connectivity index (χ1) is 11.1. The predicted octanol–water partition coefficient (Wildman–Crippen LogP) is 1.20. The Labute approximate surface area is 161 Å². The molecule has 1 saturated heterocycles. The van der Waals surface area contributed by atoms with E-state index in [2.05, 4.69) is 10.2 Å². The summed E-state index contributed by atoms with van der Waals surface area (Å²) in [5.74, 6) is 0.123. The molecular weight excluding hydrogens is 363 g/mol. The molecule has 25 heavy (non-hydrogen) atoms. The second-order valence-corrected chi connectivity index (χ2v) is 5.83. The smallest absolute Gasteiger partial charge is 0.234 e. The Morgan fingerprint density at radius 2 is 1.72 bits per heavy atom. The van der Waals surface area contributed by atoms with Gasteiger partial charge in [0.2, 0.25) is 11.8 Å². The molecule has 1 aromatic carbocycles. The molecule has 1 aliphatic heterocycles. The number of piperazine rings is 1. The summed E-state index contributed by atoms with van der Waals surface area (Å²) < 4.78 is 0. The van der Waals surface area contributed by atoms with Crippen LogP contribution in [0.1, 0.15) is 24.9 Å². The van der Waals surface area contributed by atoms with Gasteiger partial charge in [-0.3, -0.25) is 14.5 Å². The number of nitrogens with two attached hydrogens (primary N) is 1. The Kier molecular flexibility index (Phi) is 11.4. The van der Waals surface area contributed by atoms with Crippen molar-refractivity contribution in [2.45, 2.75) is 19.4 Å². The molecule has 0 spiro atoms. The van der Waals surface area contributed by atoms with Gasteiger partial charge in [0.1, 0.15) is 0 Å². The van der Waals surface area contributed by atoms with Crippen LogP contribution in [0.25, 0.3) is 0 Å². The topological polar surface area (TPSA) is 78.7 Å². The van der Waals surface area contributed by atoms with Gasteiger partial charge >= 0.3 is 0 Å². The number of nitrogens with zero attached hydrogens (tertiary/aromatic N) is 2. The number of amides is 2. The van der Waals surface area contributed by atoms with E-state index in [1.807, 2.05) is 42.2 Å². The number of hydrogen-bond donors (Lipinski definition) is 2. The average Bonchev–Trinajstić information content (AvgIpc) is 2.56. The SMILES string of the molecule is CCNC(=O)CN1CCN(C(=O)CC(N)c2ccccc2)CC1.Cl.Cl. The first-order valence-electron chi connectivity index (χ1n) is 8.17. The summed E-state index contributed by atoms with van der Waals surface area (Å²) in [6.07, 6.45) is 0.320. The summed E-state index contributed by atoms with van der Waals surface area (Å²) in [5, 5.41) is 2.79. The van der Waals surface area contributed by atoms with Gasteiger partial charge in [-0.25, -0.2) is 0 Å². The maximum atomic E-state index is 12.4. The van der Waals surface area contributed by atoms with Crippen LogP contribution < -0.4 is 11.1 Å². The second kappa shape index (κ2) is 12.1. The Bertz CT molecular complexity index is 523. The molecule has 8 heteroatoms. The monoisotopic (exact) mass is 390 g/mol. The molecule has 1 aliphatic rings. The number of hydrogen-bond acceptors (Lipinski definition) is 4. The van der Waals surface area contributed by atoms with Gasteiger partial charge in [-0.05, 0) is 12.5 Å². The zero-order valence-corrected chi connectivity index (χ0v) is 16.2. The van der Waals surface area contributed by atoms with Gasteiger partial charge in [-0.1, -0.05) is 30.3 Å². The third-order valence-electron chi connectivity index (χ3n) is 4.09. The zero-order chi connectivity index (χ0) is 16.7. The van der Waals surface area contributed by atoms with Crippen LogP contribution >= 0.6 is 24.8 Å². The minimum Gasteiger partial charge on any atom is -0.355 e. The third-order valence-corrected chi connectivity index (χ3v) is 4.09. The highest BCUT2D eigenvalue weighted by atomic mass is 35.5. The van der Waals surface area contributed by atoms with Crippen LogP contribution in [-0.4, -0.2) is 60.9 Å². The largest absolute Gasteiger partial charge is 0.355 e. The molecule has 0 aliphatic carbocycles. The normalized spacial score (nSPS) is 15.5. The summed E-state index contributed by atoms with van der Waals surface area (Å²) in [6.45, 7) is 5.71. The lowest BCUT2D eigenvalue weighted by Gasteiger charge is -2.34. The molecule has 1 atom stereocenters. The van der Waals surface area contributed by atoms with Crippen molar-refractivity contribution in [2.24, 2.45) is 5.73 Å². The quantitative estimate of drug-likeness (QED) is 0.764. The van der Waals surface area contributed by atoms with Gasteiger partial charge in [0.05, 0.1) is 6.54 Å². The van der Waals surface area contributed by atoms with E-state index in [4.69, 9.17) is 5.73 Å². The maximum absolute atomic E-state index is 12.4. The maximum Gasteiger partial charge on any atom is 0.234 e. The van der Waals surface area contributed by atoms with Crippen molar-refractivity contribution < 1.29 is 9.59 Å². The Morgan fingerprint density at radius 1 is 1.12 bits per heavy atom. The standard InChI is InChI=1S/C17H26N4O2.2ClH/c1-2-19-16(22)13-20-8-10-21(11-9-20)17(23)12-15(18)14-6-4-3-5-7-14;;/h3-7,15H,2,8-13,18H2,1H3,(H,19,22);2*1H. The highest BCUT2D eigenvalue weighted by Gasteiger charge is 2.23. The molecular formula is C17H28Cl2N4O2. The fraction of sp³-hybridized carbons (Fsp3) is 0.529. The lowest BCUT2D eigenvalue weighted by atomic mass is 10.0. The van der Waals surface area contributed by atoms with Crippen molar-refractivity contribution in [3.63, 3.8) is 0 Å². The first kappa shape index (κ1) is 23.7. The number of likely N-dealkylation sites (N-methyl/N-ethyl adjacent to an activating group) is 1. The van der Waals surface area contributed by atoms with Gasteiger partial charge in [0, 0.05) is 45.2 Å². The van der Waals surface area contributed by atoms with Crippen LogP contribution in [0.3, 0.4) is 0 Å². The van der Waals surface area contributed by atoms with Crippen molar-refractivity contribution in [1.29, 1.82) is 0 Å². The zero-order valence-electron chi connectivity index (χ0n) is 14.5. The van der Waals surface area contributed by atoms with Crippen molar-refractivity contribution in [1.82, 2.24) is 15.1 Å². The molecule has 1 aromatic rings. The van der Waals surface area contributed by atoms with Gasteiger partial charge < -0.3 is 16.0 Å². The summed E-state index contributed by atoms with van der Waals surface area (Å²) in [4.78, 5) is 27.9. The van der Waals surface area contributed by atoms with Crippen LogP contribution in [0.2, 0.25) is 0 Å². The summed E-state index contributed by atoms with van der Waals surface area (Å²) in [6, 6.07) is 9.42. The van der Waals surface area contributed by atoms with E-state index in [1.54, 1.807) is 0 Å². The third kappa shape index (κ3) is 7.61. The molecule has 142 valence electrons. The second-order valence-electron chi connectivity index (χ2n) is 5.83. The summed E-state index contributed by atoms with van der Waals surface area (Å²) >= 11 is 0. The first-order valence-corrected chi connectivity index (χ1v) is 8.17. The molecule has 2 amide bonds. The van der Waals surface area contributed by atoms with E-state index in [0.717, 1.165) is 18.7 Å². The van der Waals surface area contributed by atoms with Gasteiger partial charge in [-0.2, -0.15) is 0 Å². The molecule has 3 N–H and O–H groups in total. The van der Waals surface area contributed by atoms with E-state index in [-0.39, 0.29) is 42.7 Å². The fourth-order valence-corrected chi connectivity index (χ4v) is 2.75. The molecule has 1 fully saturated rings. The molecule has 0 radical (unpaired) electrons. The van der Waals surface area contributed by atoms with Gasteiger partial charge in [0.15, 0.2) is 0 Å². The minimum absolute atomic E-state index is 0. The molecule has 0 saturated carbocycles.